The van der Waals surface area contributed by atoms with Crippen LogP contribution in [0.5, 0.6) is 0 Å². The van der Waals surface area contributed by atoms with Crippen molar-refractivity contribution in [2.75, 3.05) is 39.5 Å². The van der Waals surface area contributed by atoms with E-state index in [-0.39, 0.29) is 60.4 Å². The third kappa shape index (κ3) is 13.4. The van der Waals surface area contributed by atoms with Crippen LogP contribution >= 0.6 is 0 Å². The smallest absolute Gasteiger partial charge is 0.224 e. The molecule has 0 aromatic heterocycles. The molecule has 0 spiro atoms. The normalized spacial score (nSPS) is 19.8. The Balaban J connectivity index is 1.51. The van der Waals surface area contributed by atoms with Gasteiger partial charge in [-0.05, 0) is 62.0 Å². The molecule has 4 rings (SSSR count). The molecule has 284 valence electrons. The van der Waals surface area contributed by atoms with Crippen molar-refractivity contribution < 1.29 is 33.4 Å². The molecular formula is C42H59N3O7. The van der Waals surface area contributed by atoms with Crippen LogP contribution in [0.2, 0.25) is 0 Å². The van der Waals surface area contributed by atoms with Crippen molar-refractivity contribution in [3.8, 4) is 0 Å². The maximum atomic E-state index is 14.2. The van der Waals surface area contributed by atoms with Gasteiger partial charge in [0.25, 0.3) is 0 Å². The van der Waals surface area contributed by atoms with Gasteiger partial charge in [0.1, 0.15) is 11.4 Å². The molecule has 2 aliphatic heterocycles. The molecule has 2 aliphatic rings. The Kier molecular flexibility index (Phi) is 15.7. The van der Waals surface area contributed by atoms with E-state index in [4.69, 9.17) is 9.47 Å². The van der Waals surface area contributed by atoms with E-state index in [0.29, 0.717) is 65.0 Å². The molecule has 2 aromatic rings. The number of ketones is 3. The maximum Gasteiger partial charge on any atom is 0.224 e. The standard InChI is InChI=1S/C42H59N3O7/c1-29(2)22-36(43-40(49)33(17-16-31-12-8-6-9-13-31)25-35(46)27-45-18-20-51-21-19-45)38(47)26-34(24-32-14-10-7-11-15-32)41(50)44-37(23-30(3)4)39(48)42(5)28-52-42/h6-15,29-30,33-34,36-37H,16-28H2,1-5H3,(H,43,49)(H,44,50)/t33-,34+,36+,37+,42-/m1/s1. The second-order valence-corrected chi connectivity index (χ2v) is 15.7. The number of carbonyl (C=O) groups excluding carboxylic acids is 5. The van der Waals surface area contributed by atoms with Crippen molar-refractivity contribution in [3.63, 3.8) is 0 Å². The second kappa shape index (κ2) is 19.9. The molecule has 2 heterocycles. The average molecular weight is 718 g/mol. The highest BCUT2D eigenvalue weighted by molar-refractivity contribution is 5.98. The molecule has 5 atom stereocenters. The van der Waals surface area contributed by atoms with Crippen LogP contribution in [0.3, 0.4) is 0 Å². The number of epoxide rings is 1. The Hall–Kier alpha value is -3.73. The van der Waals surface area contributed by atoms with Gasteiger partial charge in [-0.2, -0.15) is 0 Å². The summed E-state index contributed by atoms with van der Waals surface area (Å²) >= 11 is 0. The Morgan fingerprint density at radius 3 is 1.87 bits per heavy atom. The van der Waals surface area contributed by atoms with Crippen LogP contribution < -0.4 is 10.6 Å². The van der Waals surface area contributed by atoms with Crippen LogP contribution in [0, 0.1) is 23.7 Å². The summed E-state index contributed by atoms with van der Waals surface area (Å²) in [5, 5.41) is 6.03. The van der Waals surface area contributed by atoms with Gasteiger partial charge < -0.3 is 20.1 Å². The largest absolute Gasteiger partial charge is 0.379 e. The van der Waals surface area contributed by atoms with Crippen molar-refractivity contribution >= 4 is 29.2 Å². The highest BCUT2D eigenvalue weighted by Gasteiger charge is 2.50. The minimum Gasteiger partial charge on any atom is -0.379 e. The predicted octanol–water partition coefficient (Wildman–Crippen LogP) is 4.76. The summed E-state index contributed by atoms with van der Waals surface area (Å²) in [4.78, 5) is 71.0. The van der Waals surface area contributed by atoms with E-state index in [2.05, 4.69) is 15.5 Å². The quantitative estimate of drug-likeness (QED) is 0.167. The molecule has 0 saturated carbocycles. The summed E-state index contributed by atoms with van der Waals surface area (Å²) in [6.07, 6.45) is 2.18. The van der Waals surface area contributed by atoms with Crippen LogP contribution in [0.25, 0.3) is 0 Å². The summed E-state index contributed by atoms with van der Waals surface area (Å²) in [6.45, 7) is 12.8. The van der Waals surface area contributed by atoms with Gasteiger partial charge in [-0.3, -0.25) is 28.9 Å². The number of aryl methyl sites for hydroxylation is 1. The molecule has 0 radical (unpaired) electrons. The van der Waals surface area contributed by atoms with Crippen LogP contribution in [0.4, 0.5) is 0 Å². The van der Waals surface area contributed by atoms with E-state index in [9.17, 15) is 24.0 Å². The molecule has 0 unspecified atom stereocenters. The van der Waals surface area contributed by atoms with Gasteiger partial charge in [0, 0.05) is 37.8 Å². The first-order valence-corrected chi connectivity index (χ1v) is 19.0. The molecule has 2 fully saturated rings. The van der Waals surface area contributed by atoms with E-state index in [0.717, 1.165) is 11.1 Å². The molecule has 10 heteroatoms. The fourth-order valence-electron chi connectivity index (χ4n) is 6.84. The van der Waals surface area contributed by atoms with E-state index in [1.807, 2.05) is 88.4 Å². The van der Waals surface area contributed by atoms with Crippen LogP contribution in [-0.2, 0) is 46.3 Å². The van der Waals surface area contributed by atoms with Crippen molar-refractivity contribution in [2.45, 2.75) is 97.2 Å². The Morgan fingerprint density at radius 2 is 1.29 bits per heavy atom. The van der Waals surface area contributed by atoms with Gasteiger partial charge >= 0.3 is 0 Å². The van der Waals surface area contributed by atoms with Crippen molar-refractivity contribution in [1.29, 1.82) is 0 Å². The summed E-state index contributed by atoms with van der Waals surface area (Å²) < 4.78 is 10.9. The molecule has 52 heavy (non-hydrogen) atoms. The molecule has 0 aliphatic carbocycles. The van der Waals surface area contributed by atoms with Crippen LogP contribution in [0.1, 0.15) is 77.8 Å². The Morgan fingerprint density at radius 1 is 0.750 bits per heavy atom. The van der Waals surface area contributed by atoms with Gasteiger partial charge in [-0.15, -0.1) is 0 Å². The number of benzene rings is 2. The zero-order chi connectivity index (χ0) is 37.7. The van der Waals surface area contributed by atoms with Crippen molar-refractivity contribution in [2.24, 2.45) is 23.7 Å². The van der Waals surface area contributed by atoms with Gasteiger partial charge in [0.15, 0.2) is 11.6 Å². The lowest BCUT2D eigenvalue weighted by atomic mass is 9.87. The van der Waals surface area contributed by atoms with Gasteiger partial charge in [0.2, 0.25) is 11.8 Å². The molecule has 2 N–H and O–H groups in total. The van der Waals surface area contributed by atoms with E-state index < -0.39 is 29.5 Å². The van der Waals surface area contributed by atoms with Crippen molar-refractivity contribution in [3.05, 3.63) is 71.8 Å². The van der Waals surface area contributed by atoms with E-state index >= 15 is 0 Å². The van der Waals surface area contributed by atoms with Gasteiger partial charge in [-0.25, -0.2) is 0 Å². The summed E-state index contributed by atoms with van der Waals surface area (Å²) in [5.74, 6) is -2.27. The molecule has 0 bridgehead atoms. The molecule has 2 aromatic carbocycles. The average Bonchev–Trinajstić information content (AvgIpc) is 3.87. The first-order chi connectivity index (χ1) is 24.8. The van der Waals surface area contributed by atoms with E-state index in [1.165, 1.54) is 0 Å². The van der Waals surface area contributed by atoms with Gasteiger partial charge in [0.05, 0.1) is 38.4 Å². The first-order valence-electron chi connectivity index (χ1n) is 19.0. The molecular weight excluding hydrogens is 658 g/mol. The number of hydrogen-bond acceptors (Lipinski definition) is 8. The predicted molar refractivity (Wildman–Crippen MR) is 201 cm³/mol. The van der Waals surface area contributed by atoms with Crippen LogP contribution in [-0.4, -0.2) is 91.2 Å². The third-order valence-electron chi connectivity index (χ3n) is 9.97. The number of carbonyl (C=O) groups is 5. The number of rotatable bonds is 22. The molecule has 2 saturated heterocycles. The lowest BCUT2D eigenvalue weighted by molar-refractivity contribution is -0.136. The maximum absolute atomic E-state index is 14.2. The zero-order valence-corrected chi connectivity index (χ0v) is 31.7. The summed E-state index contributed by atoms with van der Waals surface area (Å²) in [7, 11) is 0. The number of nitrogens with zero attached hydrogens (tertiary/aromatic N) is 1. The fraction of sp³-hybridized carbons (Fsp3) is 0.595. The second-order valence-electron chi connectivity index (χ2n) is 15.7. The highest BCUT2D eigenvalue weighted by Crippen LogP contribution is 2.30. The number of hydrogen-bond donors (Lipinski definition) is 2. The highest BCUT2D eigenvalue weighted by atomic mass is 16.6. The van der Waals surface area contributed by atoms with Gasteiger partial charge in [-0.1, -0.05) is 88.4 Å². The Labute approximate surface area is 309 Å². The fourth-order valence-corrected chi connectivity index (χ4v) is 6.84. The number of Topliss-reactive ketones (excluding diaryl/α,β-unsaturated/α-hetero) is 3. The third-order valence-corrected chi connectivity index (χ3v) is 9.97. The number of ether oxygens (including phenoxy) is 2. The number of nitrogens with one attached hydrogen (secondary N) is 2. The molecule has 2 amide bonds. The molecule has 10 nitrogen and oxygen atoms in total. The van der Waals surface area contributed by atoms with Crippen LogP contribution in [0.15, 0.2) is 60.7 Å². The van der Waals surface area contributed by atoms with Crippen molar-refractivity contribution in [1.82, 2.24) is 15.5 Å². The first kappa shape index (κ1) is 41.0. The lowest BCUT2D eigenvalue weighted by Crippen LogP contribution is -2.50. The Bertz CT molecular complexity index is 1470. The van der Waals surface area contributed by atoms with E-state index in [1.54, 1.807) is 6.92 Å². The summed E-state index contributed by atoms with van der Waals surface area (Å²) in [6, 6.07) is 17.8. The zero-order valence-electron chi connectivity index (χ0n) is 31.7. The summed E-state index contributed by atoms with van der Waals surface area (Å²) in [5.41, 5.74) is 1.07. The number of amides is 2. The SMILES string of the molecule is CC(C)C[C@H](NC(=O)[C@H](CCc1ccccc1)CC(=O)CN1CCOCC1)C(=O)C[C@H](Cc1ccccc1)C(=O)N[C@@H](CC(C)C)C(=O)[C@@]1(C)CO1. The monoisotopic (exact) mass is 717 g/mol. The number of morpholine rings is 1. The minimum absolute atomic E-state index is 0.0163. The minimum atomic E-state index is -0.898. The lowest BCUT2D eigenvalue weighted by Gasteiger charge is -2.28. The topological polar surface area (TPSA) is 134 Å².